The zero-order chi connectivity index (χ0) is 8.74. The molecule has 0 aliphatic rings. The van der Waals surface area contributed by atoms with Crippen LogP contribution in [-0.4, -0.2) is 31.7 Å². The van der Waals surface area contributed by atoms with Gasteiger partial charge in [-0.2, -0.15) is 0 Å². The second kappa shape index (κ2) is 5.36. The highest BCUT2D eigenvalue weighted by Gasteiger charge is 2.09. The van der Waals surface area contributed by atoms with Crippen molar-refractivity contribution < 1.29 is 4.48 Å². The molecule has 0 spiro atoms. The van der Waals surface area contributed by atoms with Crippen molar-refractivity contribution in [3.05, 3.63) is 12.7 Å². The maximum Gasteiger partial charge on any atom is 0.0782 e. The summed E-state index contributed by atoms with van der Waals surface area (Å²) in [5.74, 6) is 0. The van der Waals surface area contributed by atoms with Crippen molar-refractivity contribution in [3.8, 4) is 0 Å². The van der Waals surface area contributed by atoms with Crippen molar-refractivity contribution in [3.63, 3.8) is 0 Å². The number of hydrogen-bond acceptors (Lipinski definition) is 0. The van der Waals surface area contributed by atoms with Gasteiger partial charge in [0.2, 0.25) is 0 Å². The third-order valence-corrected chi connectivity index (χ3v) is 2.28. The Morgan fingerprint density at radius 1 is 1.27 bits per heavy atom. The zero-order valence-electron chi connectivity index (χ0n) is 8.27. The molecule has 0 saturated carbocycles. The third-order valence-electron chi connectivity index (χ3n) is 2.28. The highest BCUT2D eigenvalue weighted by Crippen LogP contribution is 2.02. The molecule has 1 nitrogen and oxygen atoms in total. The molecule has 11 heavy (non-hydrogen) atoms. The number of hydrogen-bond donors (Lipinski definition) is 0. The number of quaternary nitrogens is 1. The third kappa shape index (κ3) is 6.11. The second-order valence-electron chi connectivity index (χ2n) is 3.76. The molecule has 0 aliphatic carbocycles. The fourth-order valence-corrected chi connectivity index (χ4v) is 0.987. The first kappa shape index (κ1) is 10.7. The van der Waals surface area contributed by atoms with Gasteiger partial charge in [-0.1, -0.05) is 6.08 Å². The van der Waals surface area contributed by atoms with Gasteiger partial charge >= 0.3 is 0 Å². The minimum atomic E-state index is 1.15. The second-order valence-corrected chi connectivity index (χ2v) is 3.76. The van der Waals surface area contributed by atoms with E-state index in [0.29, 0.717) is 0 Å². The highest BCUT2D eigenvalue weighted by atomic mass is 15.3. The van der Waals surface area contributed by atoms with Crippen LogP contribution >= 0.6 is 0 Å². The molecule has 0 radical (unpaired) electrons. The SMILES string of the molecule is C=CCCCC[N+](C)(C)CC. The van der Waals surface area contributed by atoms with Crippen LogP contribution in [0, 0.1) is 0 Å². The molecule has 0 N–H and O–H groups in total. The molecule has 0 aromatic heterocycles. The van der Waals surface area contributed by atoms with E-state index in [4.69, 9.17) is 0 Å². The van der Waals surface area contributed by atoms with Gasteiger partial charge in [-0.15, -0.1) is 6.58 Å². The van der Waals surface area contributed by atoms with Crippen LogP contribution in [0.5, 0.6) is 0 Å². The Bertz CT molecular complexity index is 105. The van der Waals surface area contributed by atoms with E-state index in [0.717, 1.165) is 4.48 Å². The molecule has 0 rings (SSSR count). The van der Waals surface area contributed by atoms with Gasteiger partial charge < -0.3 is 4.48 Å². The van der Waals surface area contributed by atoms with Gasteiger partial charge in [-0.25, -0.2) is 0 Å². The fraction of sp³-hybridized carbons (Fsp3) is 0.800. The first-order valence-electron chi connectivity index (χ1n) is 4.55. The summed E-state index contributed by atoms with van der Waals surface area (Å²) in [4.78, 5) is 0. The van der Waals surface area contributed by atoms with E-state index in [-0.39, 0.29) is 0 Å². The van der Waals surface area contributed by atoms with Crippen LogP contribution in [0.4, 0.5) is 0 Å². The highest BCUT2D eigenvalue weighted by molar-refractivity contribution is 4.65. The minimum absolute atomic E-state index is 1.15. The van der Waals surface area contributed by atoms with Crippen molar-refractivity contribution in [1.29, 1.82) is 0 Å². The van der Waals surface area contributed by atoms with Crippen molar-refractivity contribution in [2.24, 2.45) is 0 Å². The molecular weight excluding hydrogens is 134 g/mol. The summed E-state index contributed by atoms with van der Waals surface area (Å²) in [6.07, 6.45) is 5.80. The molecule has 0 aliphatic heterocycles. The van der Waals surface area contributed by atoms with Crippen molar-refractivity contribution in [2.45, 2.75) is 26.2 Å². The van der Waals surface area contributed by atoms with E-state index < -0.39 is 0 Å². The standard InChI is InChI=1S/C10H22N/c1-5-7-8-9-10-11(3,4)6-2/h5H,1,6-10H2,2-4H3/q+1. The average Bonchev–Trinajstić information content (AvgIpc) is 1.99. The summed E-state index contributed by atoms with van der Waals surface area (Å²) in [6, 6.07) is 0. The molecule has 0 saturated heterocycles. The fourth-order valence-electron chi connectivity index (χ4n) is 0.987. The van der Waals surface area contributed by atoms with Crippen LogP contribution in [-0.2, 0) is 0 Å². The quantitative estimate of drug-likeness (QED) is 0.315. The molecule has 0 fully saturated rings. The lowest BCUT2D eigenvalue weighted by molar-refractivity contribution is -0.888. The van der Waals surface area contributed by atoms with E-state index in [9.17, 15) is 0 Å². The van der Waals surface area contributed by atoms with Gasteiger partial charge in [0.15, 0.2) is 0 Å². The zero-order valence-corrected chi connectivity index (χ0v) is 8.27. The van der Waals surface area contributed by atoms with Crippen LogP contribution in [0.2, 0.25) is 0 Å². The molecule has 0 aromatic carbocycles. The van der Waals surface area contributed by atoms with Crippen LogP contribution in [0.1, 0.15) is 26.2 Å². The van der Waals surface area contributed by atoms with E-state index >= 15 is 0 Å². The largest absolute Gasteiger partial charge is 0.329 e. The van der Waals surface area contributed by atoms with Gasteiger partial charge in [-0.05, 0) is 26.2 Å². The van der Waals surface area contributed by atoms with Gasteiger partial charge in [0, 0.05) is 0 Å². The van der Waals surface area contributed by atoms with Gasteiger partial charge in [0.1, 0.15) is 0 Å². The summed E-state index contributed by atoms with van der Waals surface area (Å²) >= 11 is 0. The Morgan fingerprint density at radius 3 is 2.36 bits per heavy atom. The predicted molar refractivity (Wildman–Crippen MR) is 51.6 cm³/mol. The number of rotatable bonds is 6. The normalized spacial score (nSPS) is 11.5. The molecule has 0 heterocycles. The Labute approximate surface area is 71.3 Å². The molecule has 0 amide bonds. The molecule has 1 heteroatoms. The van der Waals surface area contributed by atoms with Crippen molar-refractivity contribution in [2.75, 3.05) is 27.2 Å². The van der Waals surface area contributed by atoms with Crippen molar-refractivity contribution >= 4 is 0 Å². The maximum atomic E-state index is 3.71. The first-order chi connectivity index (χ1) is 5.12. The van der Waals surface area contributed by atoms with Crippen LogP contribution in [0.3, 0.4) is 0 Å². The van der Waals surface area contributed by atoms with E-state index in [1.807, 2.05) is 6.08 Å². The molecule has 0 bridgehead atoms. The monoisotopic (exact) mass is 156 g/mol. The number of nitrogens with zero attached hydrogens (tertiary/aromatic N) is 1. The molecule has 66 valence electrons. The molecule has 0 atom stereocenters. The lowest BCUT2D eigenvalue weighted by Gasteiger charge is -2.27. The Balaban J connectivity index is 3.29. The first-order valence-corrected chi connectivity index (χ1v) is 4.55. The number of unbranched alkanes of at least 4 members (excludes halogenated alkanes) is 2. The Hall–Kier alpha value is -0.300. The lowest BCUT2D eigenvalue weighted by atomic mass is 10.2. The van der Waals surface area contributed by atoms with E-state index in [1.165, 1.54) is 32.4 Å². The van der Waals surface area contributed by atoms with Gasteiger partial charge in [0.25, 0.3) is 0 Å². The summed E-state index contributed by atoms with van der Waals surface area (Å²) in [6.45, 7) is 8.48. The number of allylic oxidation sites excluding steroid dienone is 1. The van der Waals surface area contributed by atoms with Crippen molar-refractivity contribution in [1.82, 2.24) is 0 Å². The molecule has 0 aromatic rings. The van der Waals surface area contributed by atoms with Crippen LogP contribution in [0.25, 0.3) is 0 Å². The maximum absolute atomic E-state index is 3.71. The average molecular weight is 156 g/mol. The van der Waals surface area contributed by atoms with Crippen LogP contribution in [0.15, 0.2) is 12.7 Å². The van der Waals surface area contributed by atoms with Gasteiger partial charge in [-0.3, -0.25) is 0 Å². The van der Waals surface area contributed by atoms with Crippen LogP contribution < -0.4 is 0 Å². The van der Waals surface area contributed by atoms with E-state index in [2.05, 4.69) is 27.6 Å². The summed E-state index contributed by atoms with van der Waals surface area (Å²) in [5.41, 5.74) is 0. The Morgan fingerprint density at radius 2 is 1.91 bits per heavy atom. The summed E-state index contributed by atoms with van der Waals surface area (Å²) in [7, 11) is 4.57. The smallest absolute Gasteiger partial charge is 0.0782 e. The van der Waals surface area contributed by atoms with E-state index in [1.54, 1.807) is 0 Å². The summed E-state index contributed by atoms with van der Waals surface area (Å²) < 4.78 is 1.15. The topological polar surface area (TPSA) is 0 Å². The molecule has 0 unspecified atom stereocenters. The summed E-state index contributed by atoms with van der Waals surface area (Å²) in [5, 5.41) is 0. The minimum Gasteiger partial charge on any atom is -0.329 e. The van der Waals surface area contributed by atoms with Gasteiger partial charge in [0.05, 0.1) is 27.2 Å². The predicted octanol–water partition coefficient (Wildman–Crippen LogP) is 2.44. The lowest BCUT2D eigenvalue weighted by Crippen LogP contribution is -2.39. The Kier molecular flexibility index (Phi) is 5.22. The molecular formula is C10H22N+.